The summed E-state index contributed by atoms with van der Waals surface area (Å²) >= 11 is 1.29. The van der Waals surface area contributed by atoms with Crippen molar-refractivity contribution in [1.82, 2.24) is 5.32 Å². The molecule has 7 heteroatoms. The van der Waals surface area contributed by atoms with Gasteiger partial charge in [0.15, 0.2) is 16.7 Å². The third kappa shape index (κ3) is 5.31. The standard InChI is InChI=1S/C25H22N2O4S/c1-29-20-11-9-19(10-12-20)26-25-27-24(28)23(32-25)15-18-8-13-21(22(14-18)30-2)31-16-17-6-4-3-5-7-17/h3-15H,16H2,1-2H3,(H,26,27,28)/b23-15+. The Balaban J connectivity index is 1.47. The maximum Gasteiger partial charge on any atom is 0.264 e. The van der Waals surface area contributed by atoms with Gasteiger partial charge in [-0.2, -0.15) is 0 Å². The Kier molecular flexibility index (Phi) is 6.77. The van der Waals surface area contributed by atoms with E-state index in [1.165, 1.54) is 11.8 Å². The van der Waals surface area contributed by atoms with Crippen molar-refractivity contribution in [3.05, 3.63) is 88.8 Å². The molecule has 1 N–H and O–H groups in total. The van der Waals surface area contributed by atoms with Crippen LogP contribution in [-0.4, -0.2) is 25.3 Å². The van der Waals surface area contributed by atoms with Crippen molar-refractivity contribution in [3.8, 4) is 17.2 Å². The highest BCUT2D eigenvalue weighted by Gasteiger charge is 2.24. The van der Waals surface area contributed by atoms with Crippen LogP contribution in [0.5, 0.6) is 17.2 Å². The summed E-state index contributed by atoms with van der Waals surface area (Å²) in [6.07, 6.45) is 1.81. The molecule has 4 rings (SSSR count). The molecular formula is C25H22N2O4S. The average Bonchev–Trinajstić information content (AvgIpc) is 3.17. The van der Waals surface area contributed by atoms with Crippen molar-refractivity contribution in [2.24, 2.45) is 4.99 Å². The van der Waals surface area contributed by atoms with Gasteiger partial charge in [0.25, 0.3) is 5.91 Å². The summed E-state index contributed by atoms with van der Waals surface area (Å²) in [6.45, 7) is 0.446. The van der Waals surface area contributed by atoms with E-state index in [0.717, 1.165) is 22.6 Å². The summed E-state index contributed by atoms with van der Waals surface area (Å²) in [5.74, 6) is 1.81. The highest BCUT2D eigenvalue weighted by molar-refractivity contribution is 8.18. The second-order valence-electron chi connectivity index (χ2n) is 6.86. The SMILES string of the molecule is COc1ccc(N=C2NC(=O)/C(=C\c3ccc(OCc4ccccc4)c(OC)c3)S2)cc1. The average molecular weight is 447 g/mol. The van der Waals surface area contributed by atoms with Crippen molar-refractivity contribution >= 4 is 34.6 Å². The first kappa shape index (κ1) is 21.5. The van der Waals surface area contributed by atoms with E-state index in [2.05, 4.69) is 10.3 Å². The quantitative estimate of drug-likeness (QED) is 0.507. The zero-order chi connectivity index (χ0) is 22.3. The van der Waals surface area contributed by atoms with E-state index in [1.54, 1.807) is 20.3 Å². The van der Waals surface area contributed by atoms with Crippen LogP contribution in [0.4, 0.5) is 5.69 Å². The van der Waals surface area contributed by atoms with Crippen molar-refractivity contribution in [2.45, 2.75) is 6.61 Å². The molecule has 1 aliphatic rings. The van der Waals surface area contributed by atoms with Crippen LogP contribution < -0.4 is 19.5 Å². The zero-order valence-electron chi connectivity index (χ0n) is 17.7. The van der Waals surface area contributed by atoms with Crippen LogP contribution in [0.1, 0.15) is 11.1 Å². The van der Waals surface area contributed by atoms with Gasteiger partial charge in [0.1, 0.15) is 12.4 Å². The lowest BCUT2D eigenvalue weighted by molar-refractivity contribution is -0.115. The van der Waals surface area contributed by atoms with Gasteiger partial charge in [-0.3, -0.25) is 4.79 Å². The summed E-state index contributed by atoms with van der Waals surface area (Å²) in [4.78, 5) is 17.4. The van der Waals surface area contributed by atoms with Crippen LogP contribution in [0, 0.1) is 0 Å². The first-order valence-corrected chi connectivity index (χ1v) is 10.7. The smallest absolute Gasteiger partial charge is 0.264 e. The number of benzene rings is 3. The molecule has 0 bridgehead atoms. The third-order valence-corrected chi connectivity index (χ3v) is 5.59. The Bertz CT molecular complexity index is 1160. The number of ether oxygens (including phenoxy) is 3. The molecule has 0 saturated carbocycles. The molecule has 6 nitrogen and oxygen atoms in total. The lowest BCUT2D eigenvalue weighted by Crippen LogP contribution is -2.19. The molecule has 1 aliphatic heterocycles. The molecule has 3 aromatic carbocycles. The number of amides is 1. The number of thioether (sulfide) groups is 1. The van der Waals surface area contributed by atoms with Crippen LogP contribution in [0.25, 0.3) is 6.08 Å². The number of methoxy groups -OCH3 is 2. The molecular weight excluding hydrogens is 424 g/mol. The Labute approximate surface area is 190 Å². The second kappa shape index (κ2) is 10.1. The normalized spacial score (nSPS) is 15.6. The first-order valence-electron chi connectivity index (χ1n) is 9.93. The predicted molar refractivity (Wildman–Crippen MR) is 128 cm³/mol. The molecule has 0 unspecified atom stereocenters. The maximum atomic E-state index is 12.4. The fraction of sp³-hybridized carbons (Fsp3) is 0.120. The van der Waals surface area contributed by atoms with E-state index >= 15 is 0 Å². The van der Waals surface area contributed by atoms with E-state index in [9.17, 15) is 4.79 Å². The van der Waals surface area contributed by atoms with E-state index < -0.39 is 0 Å². The topological polar surface area (TPSA) is 69.2 Å². The summed E-state index contributed by atoms with van der Waals surface area (Å²) < 4.78 is 16.5. The molecule has 1 amide bonds. The monoisotopic (exact) mass is 446 g/mol. The molecule has 0 aromatic heterocycles. The molecule has 0 radical (unpaired) electrons. The lowest BCUT2D eigenvalue weighted by Gasteiger charge is -2.11. The lowest BCUT2D eigenvalue weighted by atomic mass is 10.2. The summed E-state index contributed by atoms with van der Waals surface area (Å²) in [7, 11) is 3.21. The van der Waals surface area contributed by atoms with Crippen molar-refractivity contribution in [3.63, 3.8) is 0 Å². The number of rotatable bonds is 7. The van der Waals surface area contributed by atoms with Gasteiger partial charge < -0.3 is 19.5 Å². The van der Waals surface area contributed by atoms with E-state index in [0.29, 0.717) is 28.2 Å². The number of amidine groups is 1. The van der Waals surface area contributed by atoms with Crippen molar-refractivity contribution in [2.75, 3.05) is 14.2 Å². The third-order valence-electron chi connectivity index (χ3n) is 4.68. The van der Waals surface area contributed by atoms with Gasteiger partial charge in [0.05, 0.1) is 24.8 Å². The molecule has 0 aliphatic carbocycles. The second-order valence-corrected chi connectivity index (χ2v) is 7.89. The van der Waals surface area contributed by atoms with Crippen molar-refractivity contribution < 1.29 is 19.0 Å². The van der Waals surface area contributed by atoms with Crippen LogP contribution in [0.2, 0.25) is 0 Å². The number of carbonyl (C=O) groups excluding carboxylic acids is 1. The highest BCUT2D eigenvalue weighted by atomic mass is 32.2. The molecule has 0 atom stereocenters. The Morgan fingerprint density at radius 2 is 1.72 bits per heavy atom. The number of hydrogen-bond donors (Lipinski definition) is 1. The number of aliphatic imine (C=N–C) groups is 1. The van der Waals surface area contributed by atoms with Crippen LogP contribution in [0.3, 0.4) is 0 Å². The summed E-state index contributed by atoms with van der Waals surface area (Å²) in [5, 5.41) is 3.33. The predicted octanol–water partition coefficient (Wildman–Crippen LogP) is 5.17. The minimum Gasteiger partial charge on any atom is -0.497 e. The maximum absolute atomic E-state index is 12.4. The zero-order valence-corrected chi connectivity index (χ0v) is 18.5. The molecule has 1 saturated heterocycles. The number of nitrogens with one attached hydrogen (secondary N) is 1. The fourth-order valence-electron chi connectivity index (χ4n) is 3.03. The van der Waals surface area contributed by atoms with Gasteiger partial charge in [-0.05, 0) is 65.4 Å². The van der Waals surface area contributed by atoms with Gasteiger partial charge in [0, 0.05) is 0 Å². The Hall–Kier alpha value is -3.71. The first-order chi connectivity index (χ1) is 15.6. The van der Waals surface area contributed by atoms with E-state index in [1.807, 2.05) is 72.8 Å². The minimum atomic E-state index is -0.189. The van der Waals surface area contributed by atoms with Crippen LogP contribution in [-0.2, 0) is 11.4 Å². The molecule has 1 fully saturated rings. The largest absolute Gasteiger partial charge is 0.497 e. The van der Waals surface area contributed by atoms with Gasteiger partial charge in [-0.1, -0.05) is 36.4 Å². The van der Waals surface area contributed by atoms with Crippen LogP contribution in [0.15, 0.2) is 82.7 Å². The molecule has 0 spiro atoms. The number of nitrogens with zero attached hydrogens (tertiary/aromatic N) is 1. The van der Waals surface area contributed by atoms with E-state index in [4.69, 9.17) is 14.2 Å². The van der Waals surface area contributed by atoms with Crippen molar-refractivity contribution in [1.29, 1.82) is 0 Å². The Morgan fingerprint density at radius 3 is 2.44 bits per heavy atom. The van der Waals surface area contributed by atoms with Gasteiger partial charge >= 0.3 is 0 Å². The Morgan fingerprint density at radius 1 is 0.938 bits per heavy atom. The van der Waals surface area contributed by atoms with Gasteiger partial charge in [-0.25, -0.2) is 4.99 Å². The van der Waals surface area contributed by atoms with Gasteiger partial charge in [-0.15, -0.1) is 0 Å². The summed E-state index contributed by atoms with van der Waals surface area (Å²) in [6, 6.07) is 22.8. The molecule has 32 heavy (non-hydrogen) atoms. The van der Waals surface area contributed by atoms with E-state index in [-0.39, 0.29) is 5.91 Å². The molecule has 3 aromatic rings. The minimum absolute atomic E-state index is 0.189. The van der Waals surface area contributed by atoms with Gasteiger partial charge in [0.2, 0.25) is 0 Å². The molecule has 1 heterocycles. The number of carbonyl (C=O) groups is 1. The van der Waals surface area contributed by atoms with Crippen LogP contribution >= 0.6 is 11.8 Å². The molecule has 162 valence electrons. The fourth-order valence-corrected chi connectivity index (χ4v) is 3.88. The number of hydrogen-bond acceptors (Lipinski definition) is 6. The summed E-state index contributed by atoms with van der Waals surface area (Å²) in [5.41, 5.74) is 2.64. The highest BCUT2D eigenvalue weighted by Crippen LogP contribution is 2.32.